The van der Waals surface area contributed by atoms with Gasteiger partial charge in [-0.3, -0.25) is 10.1 Å². The Bertz CT molecular complexity index is 442. The fraction of sp³-hybridized carbons (Fsp3) is 0.417. The third-order valence-corrected chi connectivity index (χ3v) is 3.25. The number of rotatable bonds is 3. The second-order valence-electron chi connectivity index (χ2n) is 4.34. The zero-order valence-corrected chi connectivity index (χ0v) is 9.46. The number of non-ortho nitro benzene ring substituents is 1. The molecule has 0 spiro atoms. The fourth-order valence-corrected chi connectivity index (χ4v) is 2.23. The molecule has 1 fully saturated rings. The first-order valence-electron chi connectivity index (χ1n) is 5.41. The zero-order chi connectivity index (χ0) is 12.5. The second-order valence-corrected chi connectivity index (χ2v) is 4.34. The Labute approximate surface area is 98.5 Å². The molecule has 1 heterocycles. The average Bonchev–Trinajstić information content (AvgIpc) is 2.72. The quantitative estimate of drug-likeness (QED) is 0.456. The van der Waals surface area contributed by atoms with Crippen LogP contribution in [0.4, 0.5) is 5.69 Å². The van der Waals surface area contributed by atoms with Gasteiger partial charge in [0.2, 0.25) is 0 Å². The van der Waals surface area contributed by atoms with Crippen LogP contribution in [-0.4, -0.2) is 23.4 Å². The number of hydrogen-bond donors (Lipinski definition) is 0. The van der Waals surface area contributed by atoms with Gasteiger partial charge in [-0.1, -0.05) is 12.1 Å². The molecule has 0 N–H and O–H groups in total. The number of carbonyl (C=O) groups excluding carboxylic acids is 1. The summed E-state index contributed by atoms with van der Waals surface area (Å²) < 4.78 is 5.43. The Morgan fingerprint density at radius 2 is 2.12 bits per heavy atom. The van der Waals surface area contributed by atoms with Crippen LogP contribution < -0.4 is 0 Å². The lowest BCUT2D eigenvalue weighted by molar-refractivity contribution is -0.384. The van der Waals surface area contributed by atoms with E-state index in [2.05, 4.69) is 0 Å². The summed E-state index contributed by atoms with van der Waals surface area (Å²) in [7, 11) is 0. The second kappa shape index (κ2) is 4.25. The summed E-state index contributed by atoms with van der Waals surface area (Å²) in [4.78, 5) is 21.2. The maximum absolute atomic E-state index is 11.1. The Morgan fingerprint density at radius 3 is 2.65 bits per heavy atom. The van der Waals surface area contributed by atoms with E-state index in [4.69, 9.17) is 4.74 Å². The van der Waals surface area contributed by atoms with E-state index in [1.54, 1.807) is 19.1 Å². The van der Waals surface area contributed by atoms with Gasteiger partial charge in [-0.25, -0.2) is 0 Å². The van der Waals surface area contributed by atoms with Crippen molar-refractivity contribution in [3.05, 3.63) is 39.9 Å². The van der Waals surface area contributed by atoms with Crippen LogP contribution in [0.5, 0.6) is 0 Å². The molecule has 2 rings (SSSR count). The highest BCUT2D eigenvalue weighted by atomic mass is 16.6. The van der Waals surface area contributed by atoms with Crippen molar-refractivity contribution in [1.82, 2.24) is 0 Å². The molecule has 90 valence electrons. The van der Waals surface area contributed by atoms with E-state index in [1.807, 2.05) is 0 Å². The lowest BCUT2D eigenvalue weighted by Gasteiger charge is -2.24. The predicted molar refractivity (Wildman–Crippen MR) is 60.9 cm³/mol. The van der Waals surface area contributed by atoms with Crippen LogP contribution in [0.1, 0.15) is 24.8 Å². The summed E-state index contributed by atoms with van der Waals surface area (Å²) in [5.74, 6) is -0.0270. The highest BCUT2D eigenvalue weighted by Gasteiger charge is 2.40. The molecule has 1 saturated heterocycles. The van der Waals surface area contributed by atoms with Crippen molar-refractivity contribution in [3.63, 3.8) is 0 Å². The van der Waals surface area contributed by atoms with E-state index >= 15 is 0 Å². The molecular weight excluding hydrogens is 222 g/mol. The van der Waals surface area contributed by atoms with Crippen LogP contribution in [0.3, 0.4) is 0 Å². The topological polar surface area (TPSA) is 69.4 Å². The minimum Gasteiger partial charge on any atom is -0.367 e. The lowest BCUT2D eigenvalue weighted by atomic mass is 9.84. The first-order chi connectivity index (χ1) is 8.07. The summed E-state index contributed by atoms with van der Waals surface area (Å²) in [5.41, 5.74) is 0.152. The van der Waals surface area contributed by atoms with Gasteiger partial charge in [-0.05, 0) is 18.9 Å². The van der Waals surface area contributed by atoms with Crippen LogP contribution >= 0.6 is 0 Å². The molecule has 0 unspecified atom stereocenters. The zero-order valence-electron chi connectivity index (χ0n) is 9.46. The summed E-state index contributed by atoms with van der Waals surface area (Å²) in [6.07, 6.45) is 1.57. The van der Waals surface area contributed by atoms with Crippen molar-refractivity contribution in [2.24, 2.45) is 0 Å². The Balaban J connectivity index is 2.28. The summed E-state index contributed by atoms with van der Waals surface area (Å²) in [6.45, 7) is 2.29. The molecule has 5 heteroatoms. The third-order valence-electron chi connectivity index (χ3n) is 3.25. The third kappa shape index (κ3) is 2.06. The first-order valence-corrected chi connectivity index (χ1v) is 5.41. The van der Waals surface area contributed by atoms with Crippen molar-refractivity contribution in [2.45, 2.75) is 24.9 Å². The van der Waals surface area contributed by atoms with Crippen molar-refractivity contribution in [2.75, 3.05) is 6.61 Å². The standard InChI is InChI=1S/C12H13NO4/c1-12(8-14)11(6-7-17-12)9-2-4-10(5-3-9)13(15)16/h2-5,8,11H,6-7H2,1H3/t11-,12-/m1/s1. The Hall–Kier alpha value is -1.75. The normalized spacial score (nSPS) is 27.9. The first kappa shape index (κ1) is 11.7. The molecule has 0 aliphatic carbocycles. The number of nitro benzene ring substituents is 1. The molecular formula is C12H13NO4. The number of ether oxygens (including phenoxy) is 1. The van der Waals surface area contributed by atoms with Gasteiger partial charge in [0.1, 0.15) is 5.60 Å². The molecule has 1 aliphatic heterocycles. The molecule has 2 atom stereocenters. The number of nitro groups is 1. The summed E-state index contributed by atoms with van der Waals surface area (Å²) in [6, 6.07) is 6.30. The SMILES string of the molecule is C[C@]1(C=O)OCC[C@@H]1c1ccc([N+](=O)[O-])cc1. The van der Waals surface area contributed by atoms with E-state index in [9.17, 15) is 14.9 Å². The van der Waals surface area contributed by atoms with E-state index in [0.717, 1.165) is 18.3 Å². The van der Waals surface area contributed by atoms with Crippen molar-refractivity contribution in [3.8, 4) is 0 Å². The maximum atomic E-state index is 11.1. The molecule has 0 bridgehead atoms. The van der Waals surface area contributed by atoms with Gasteiger partial charge in [0.25, 0.3) is 5.69 Å². The smallest absolute Gasteiger partial charge is 0.269 e. The minimum absolute atomic E-state index is 0.0270. The van der Waals surface area contributed by atoms with E-state index in [-0.39, 0.29) is 11.6 Å². The number of carbonyl (C=O) groups is 1. The van der Waals surface area contributed by atoms with Gasteiger partial charge in [-0.15, -0.1) is 0 Å². The largest absolute Gasteiger partial charge is 0.367 e. The van der Waals surface area contributed by atoms with Gasteiger partial charge < -0.3 is 9.53 Å². The summed E-state index contributed by atoms with van der Waals surface area (Å²) in [5, 5.41) is 10.5. The van der Waals surface area contributed by atoms with E-state index < -0.39 is 10.5 Å². The van der Waals surface area contributed by atoms with E-state index in [0.29, 0.717) is 6.61 Å². The van der Waals surface area contributed by atoms with Crippen molar-refractivity contribution < 1.29 is 14.5 Å². The number of nitrogens with zero attached hydrogens (tertiary/aromatic N) is 1. The molecule has 17 heavy (non-hydrogen) atoms. The number of aldehydes is 1. The van der Waals surface area contributed by atoms with Crippen LogP contribution in [0, 0.1) is 10.1 Å². The van der Waals surface area contributed by atoms with Crippen LogP contribution in [0.25, 0.3) is 0 Å². The van der Waals surface area contributed by atoms with Crippen LogP contribution in [0.2, 0.25) is 0 Å². The van der Waals surface area contributed by atoms with Crippen molar-refractivity contribution >= 4 is 12.0 Å². The Morgan fingerprint density at radius 1 is 1.47 bits per heavy atom. The minimum atomic E-state index is -0.809. The average molecular weight is 235 g/mol. The van der Waals surface area contributed by atoms with E-state index in [1.165, 1.54) is 12.1 Å². The van der Waals surface area contributed by atoms with Gasteiger partial charge >= 0.3 is 0 Å². The molecule has 0 amide bonds. The molecule has 0 radical (unpaired) electrons. The number of benzene rings is 1. The lowest BCUT2D eigenvalue weighted by Crippen LogP contribution is -2.31. The molecule has 5 nitrogen and oxygen atoms in total. The number of hydrogen-bond acceptors (Lipinski definition) is 4. The molecule has 1 aromatic carbocycles. The van der Waals surface area contributed by atoms with Gasteiger partial charge in [-0.2, -0.15) is 0 Å². The highest BCUT2D eigenvalue weighted by molar-refractivity contribution is 5.65. The maximum Gasteiger partial charge on any atom is 0.269 e. The predicted octanol–water partition coefficient (Wildman–Crippen LogP) is 2.06. The Kier molecular flexibility index (Phi) is 2.93. The van der Waals surface area contributed by atoms with Crippen LogP contribution in [0.15, 0.2) is 24.3 Å². The van der Waals surface area contributed by atoms with Crippen molar-refractivity contribution in [1.29, 1.82) is 0 Å². The molecule has 1 aliphatic rings. The van der Waals surface area contributed by atoms with Gasteiger partial charge in [0.05, 0.1) is 4.92 Å². The molecule has 0 saturated carbocycles. The van der Waals surface area contributed by atoms with Gasteiger partial charge in [0, 0.05) is 24.7 Å². The van der Waals surface area contributed by atoms with Crippen LogP contribution in [-0.2, 0) is 9.53 Å². The summed E-state index contributed by atoms with van der Waals surface area (Å²) >= 11 is 0. The monoisotopic (exact) mass is 235 g/mol. The molecule has 1 aromatic rings. The fourth-order valence-electron chi connectivity index (χ4n) is 2.23. The van der Waals surface area contributed by atoms with Gasteiger partial charge in [0.15, 0.2) is 6.29 Å². The molecule has 0 aromatic heterocycles. The highest BCUT2D eigenvalue weighted by Crippen LogP contribution is 2.38.